The van der Waals surface area contributed by atoms with Gasteiger partial charge in [0, 0.05) is 31.0 Å². The summed E-state index contributed by atoms with van der Waals surface area (Å²) in [6.45, 7) is 3.64. The zero-order valence-electron chi connectivity index (χ0n) is 15.8. The molecule has 2 aromatic rings. The third kappa shape index (κ3) is 6.73. The van der Waals surface area contributed by atoms with Crippen molar-refractivity contribution in [3.63, 3.8) is 0 Å². The van der Waals surface area contributed by atoms with Gasteiger partial charge in [0.1, 0.15) is 0 Å². The second kappa shape index (κ2) is 10.3. The van der Waals surface area contributed by atoms with E-state index in [-0.39, 0.29) is 18.2 Å². The molecule has 1 atom stereocenters. The Labute approximate surface area is 159 Å². The lowest BCUT2D eigenvalue weighted by molar-refractivity contribution is -0.153. The quantitative estimate of drug-likeness (QED) is 0.523. The first-order chi connectivity index (χ1) is 13.0. The number of nitrogens with one attached hydrogen (secondary N) is 2. The molecule has 0 aliphatic carbocycles. The molecule has 0 aliphatic rings. The number of rotatable bonds is 9. The highest BCUT2D eigenvalue weighted by Gasteiger charge is 2.18. The van der Waals surface area contributed by atoms with Crippen LogP contribution in [0.4, 0.5) is 5.69 Å². The number of ether oxygens (including phenoxy) is 1. The molecule has 0 aromatic heterocycles. The molecule has 1 unspecified atom stereocenters. The third-order valence-electron chi connectivity index (χ3n) is 4.16. The van der Waals surface area contributed by atoms with E-state index in [1.165, 1.54) is 6.92 Å². The Morgan fingerprint density at radius 3 is 2.52 bits per heavy atom. The zero-order chi connectivity index (χ0) is 19.6. The summed E-state index contributed by atoms with van der Waals surface area (Å²) in [5.41, 5.74) is 0.693. The second-order valence-corrected chi connectivity index (χ2v) is 6.44. The molecule has 27 heavy (non-hydrogen) atoms. The fraction of sp³-hybridized carbons (Fsp3) is 0.381. The topological polar surface area (TPSA) is 84.5 Å². The van der Waals surface area contributed by atoms with Gasteiger partial charge in [-0.3, -0.25) is 14.4 Å². The number of benzene rings is 2. The van der Waals surface area contributed by atoms with Gasteiger partial charge in [-0.25, -0.2) is 0 Å². The van der Waals surface area contributed by atoms with E-state index in [4.69, 9.17) is 4.74 Å². The Morgan fingerprint density at radius 1 is 1.00 bits per heavy atom. The normalized spacial score (nSPS) is 11.6. The molecule has 2 amide bonds. The summed E-state index contributed by atoms with van der Waals surface area (Å²) < 4.78 is 5.22. The van der Waals surface area contributed by atoms with Crippen molar-refractivity contribution in [3.05, 3.63) is 42.5 Å². The van der Waals surface area contributed by atoms with E-state index in [0.717, 1.165) is 23.6 Å². The van der Waals surface area contributed by atoms with Crippen molar-refractivity contribution >= 4 is 34.2 Å². The van der Waals surface area contributed by atoms with Crippen LogP contribution >= 0.6 is 0 Å². The van der Waals surface area contributed by atoms with Crippen LogP contribution in [0.2, 0.25) is 0 Å². The van der Waals surface area contributed by atoms with Crippen LogP contribution in [-0.2, 0) is 19.1 Å². The van der Waals surface area contributed by atoms with Crippen LogP contribution in [-0.4, -0.2) is 30.4 Å². The minimum atomic E-state index is -0.865. The zero-order valence-corrected chi connectivity index (χ0v) is 15.8. The van der Waals surface area contributed by atoms with Crippen molar-refractivity contribution < 1.29 is 19.1 Å². The summed E-state index contributed by atoms with van der Waals surface area (Å²) >= 11 is 0. The molecule has 144 valence electrons. The Kier molecular flexibility index (Phi) is 7.79. The van der Waals surface area contributed by atoms with Crippen molar-refractivity contribution in [2.45, 2.75) is 45.6 Å². The van der Waals surface area contributed by atoms with Crippen molar-refractivity contribution in [3.8, 4) is 0 Å². The fourth-order valence-electron chi connectivity index (χ4n) is 2.71. The van der Waals surface area contributed by atoms with Gasteiger partial charge in [-0.2, -0.15) is 0 Å². The van der Waals surface area contributed by atoms with Gasteiger partial charge in [0.15, 0.2) is 6.10 Å². The minimum Gasteiger partial charge on any atom is -0.453 e. The Morgan fingerprint density at radius 2 is 1.74 bits per heavy atom. The Balaban J connectivity index is 1.76. The predicted molar refractivity (Wildman–Crippen MR) is 105 cm³/mol. The van der Waals surface area contributed by atoms with Gasteiger partial charge in [0.05, 0.1) is 0 Å². The number of amides is 2. The standard InChI is InChI=1S/C21H26N2O4/c1-15(27-20(25)13-4-3-7-14-22-16(2)24)21(26)23-19-12-8-10-17-9-5-6-11-18(17)19/h5-6,8-12,15H,3-4,7,13-14H2,1-2H3,(H,22,24)(H,23,26). The lowest BCUT2D eigenvalue weighted by atomic mass is 10.1. The average molecular weight is 370 g/mol. The van der Waals surface area contributed by atoms with Gasteiger partial charge in [-0.05, 0) is 31.2 Å². The van der Waals surface area contributed by atoms with Crippen LogP contribution in [0, 0.1) is 0 Å². The van der Waals surface area contributed by atoms with Crippen molar-refractivity contribution in [2.75, 3.05) is 11.9 Å². The van der Waals surface area contributed by atoms with Crippen LogP contribution < -0.4 is 10.6 Å². The molecule has 2 rings (SSSR count). The first kappa shape index (κ1) is 20.4. The SMILES string of the molecule is CC(=O)NCCCCCC(=O)OC(C)C(=O)Nc1cccc2ccccc12. The highest BCUT2D eigenvalue weighted by atomic mass is 16.5. The highest BCUT2D eigenvalue weighted by Crippen LogP contribution is 2.23. The molecule has 0 aliphatic heterocycles. The molecular formula is C21H26N2O4. The summed E-state index contributed by atoms with van der Waals surface area (Å²) in [6, 6.07) is 13.4. The lowest BCUT2D eigenvalue weighted by Crippen LogP contribution is -2.30. The fourth-order valence-corrected chi connectivity index (χ4v) is 2.71. The van der Waals surface area contributed by atoms with Crippen molar-refractivity contribution in [1.29, 1.82) is 0 Å². The molecule has 6 heteroatoms. The van der Waals surface area contributed by atoms with Gasteiger partial charge in [-0.1, -0.05) is 42.8 Å². The average Bonchev–Trinajstić information content (AvgIpc) is 2.64. The largest absolute Gasteiger partial charge is 0.453 e. The second-order valence-electron chi connectivity index (χ2n) is 6.44. The van der Waals surface area contributed by atoms with Gasteiger partial charge < -0.3 is 15.4 Å². The van der Waals surface area contributed by atoms with E-state index in [1.807, 2.05) is 42.5 Å². The van der Waals surface area contributed by atoms with Crippen LogP contribution in [0.1, 0.15) is 39.5 Å². The maximum absolute atomic E-state index is 12.3. The van der Waals surface area contributed by atoms with Crippen LogP contribution in [0.3, 0.4) is 0 Å². The molecule has 2 aromatic carbocycles. The summed E-state index contributed by atoms with van der Waals surface area (Å²) in [6.07, 6.45) is 1.67. The number of esters is 1. The summed E-state index contributed by atoms with van der Waals surface area (Å²) in [5.74, 6) is -0.805. The molecule has 0 radical (unpaired) electrons. The van der Waals surface area contributed by atoms with E-state index in [9.17, 15) is 14.4 Å². The molecule has 0 spiro atoms. The monoisotopic (exact) mass is 370 g/mol. The molecular weight excluding hydrogens is 344 g/mol. The predicted octanol–water partition coefficient (Wildman–Crippen LogP) is 3.41. The van der Waals surface area contributed by atoms with Gasteiger partial charge >= 0.3 is 5.97 Å². The summed E-state index contributed by atoms with van der Waals surface area (Å²) in [5, 5.41) is 7.50. The van der Waals surface area contributed by atoms with E-state index in [1.54, 1.807) is 6.92 Å². The van der Waals surface area contributed by atoms with E-state index >= 15 is 0 Å². The maximum Gasteiger partial charge on any atom is 0.306 e. The number of carbonyl (C=O) groups is 3. The lowest BCUT2D eigenvalue weighted by Gasteiger charge is -2.14. The van der Waals surface area contributed by atoms with Crippen LogP contribution in [0.15, 0.2) is 42.5 Å². The van der Waals surface area contributed by atoms with Gasteiger partial charge in [0.25, 0.3) is 5.91 Å². The third-order valence-corrected chi connectivity index (χ3v) is 4.16. The molecule has 2 N–H and O–H groups in total. The molecule has 0 fully saturated rings. The molecule has 6 nitrogen and oxygen atoms in total. The van der Waals surface area contributed by atoms with Crippen molar-refractivity contribution in [2.24, 2.45) is 0 Å². The van der Waals surface area contributed by atoms with E-state index in [2.05, 4.69) is 10.6 Å². The molecule has 0 saturated carbocycles. The Hall–Kier alpha value is -2.89. The van der Waals surface area contributed by atoms with Gasteiger partial charge in [0.2, 0.25) is 5.91 Å². The first-order valence-electron chi connectivity index (χ1n) is 9.20. The number of hydrogen-bond acceptors (Lipinski definition) is 4. The summed E-state index contributed by atoms with van der Waals surface area (Å²) in [7, 11) is 0. The summed E-state index contributed by atoms with van der Waals surface area (Å²) in [4.78, 5) is 35.0. The first-order valence-corrected chi connectivity index (χ1v) is 9.20. The van der Waals surface area contributed by atoms with E-state index in [0.29, 0.717) is 18.7 Å². The number of carbonyl (C=O) groups excluding carboxylic acids is 3. The van der Waals surface area contributed by atoms with Crippen LogP contribution in [0.5, 0.6) is 0 Å². The maximum atomic E-state index is 12.3. The van der Waals surface area contributed by atoms with Gasteiger partial charge in [-0.15, -0.1) is 0 Å². The minimum absolute atomic E-state index is 0.0551. The highest BCUT2D eigenvalue weighted by molar-refractivity contribution is 6.03. The van der Waals surface area contributed by atoms with E-state index < -0.39 is 12.1 Å². The number of unbranched alkanes of at least 4 members (excludes halogenated alkanes) is 2. The molecule has 0 heterocycles. The molecule has 0 saturated heterocycles. The van der Waals surface area contributed by atoms with Crippen LogP contribution in [0.25, 0.3) is 10.8 Å². The number of hydrogen-bond donors (Lipinski definition) is 2. The van der Waals surface area contributed by atoms with Crippen molar-refractivity contribution in [1.82, 2.24) is 5.32 Å². The number of anilines is 1. The molecule has 0 bridgehead atoms. The smallest absolute Gasteiger partial charge is 0.306 e. The number of fused-ring (bicyclic) bond motifs is 1. The Bertz CT molecular complexity index is 798.